The fourth-order valence-electron chi connectivity index (χ4n) is 2.28. The number of rotatable bonds is 5. The number of hydrogen-bond donors (Lipinski definition) is 1. The second-order valence-corrected chi connectivity index (χ2v) is 5.00. The van der Waals surface area contributed by atoms with Crippen LogP contribution in [-0.2, 0) is 0 Å². The summed E-state index contributed by atoms with van der Waals surface area (Å²) in [6, 6.07) is 16.4. The van der Waals surface area contributed by atoms with E-state index in [9.17, 15) is 4.79 Å². The van der Waals surface area contributed by atoms with Gasteiger partial charge in [0.1, 0.15) is 11.5 Å². The summed E-state index contributed by atoms with van der Waals surface area (Å²) in [6.07, 6.45) is 1.79. The van der Waals surface area contributed by atoms with Gasteiger partial charge in [0, 0.05) is 18.3 Å². The molecule has 0 unspecified atom stereocenters. The van der Waals surface area contributed by atoms with E-state index < -0.39 is 0 Å². The summed E-state index contributed by atoms with van der Waals surface area (Å²) in [5.74, 6) is 1.22. The predicted molar refractivity (Wildman–Crippen MR) is 91.1 cm³/mol. The Labute approximate surface area is 139 Å². The third-order valence-electron chi connectivity index (χ3n) is 3.50. The molecule has 0 saturated carbocycles. The molecule has 1 N–H and O–H groups in total. The van der Waals surface area contributed by atoms with Crippen LogP contribution < -0.4 is 14.8 Å². The van der Waals surface area contributed by atoms with Crippen LogP contribution in [0.25, 0.3) is 5.69 Å². The number of hydrogen-bond acceptors (Lipinski definition) is 4. The van der Waals surface area contributed by atoms with Crippen molar-refractivity contribution in [3.63, 3.8) is 0 Å². The second-order valence-electron chi connectivity index (χ2n) is 5.00. The lowest BCUT2D eigenvalue weighted by molar-refractivity contribution is 0.102. The largest absolute Gasteiger partial charge is 0.497 e. The average Bonchev–Trinajstić information content (AvgIpc) is 3.10. The third kappa shape index (κ3) is 3.22. The monoisotopic (exact) mass is 323 g/mol. The normalized spacial score (nSPS) is 10.2. The molecule has 0 atom stereocenters. The summed E-state index contributed by atoms with van der Waals surface area (Å²) in [5.41, 5.74) is 1.33. The highest BCUT2D eigenvalue weighted by Gasteiger charge is 2.14. The maximum Gasteiger partial charge on any atom is 0.260 e. The maximum absolute atomic E-state index is 12.5. The number of benzene rings is 2. The van der Waals surface area contributed by atoms with Crippen molar-refractivity contribution in [2.45, 2.75) is 0 Å². The van der Waals surface area contributed by atoms with Gasteiger partial charge < -0.3 is 14.8 Å². The van der Waals surface area contributed by atoms with Crippen molar-refractivity contribution < 1.29 is 14.3 Å². The zero-order chi connectivity index (χ0) is 16.9. The number of ether oxygens (including phenoxy) is 2. The number of carbonyl (C=O) groups is 1. The van der Waals surface area contributed by atoms with E-state index >= 15 is 0 Å². The van der Waals surface area contributed by atoms with Crippen LogP contribution in [0.5, 0.6) is 11.5 Å². The van der Waals surface area contributed by atoms with Gasteiger partial charge in [0.15, 0.2) is 5.82 Å². The van der Waals surface area contributed by atoms with Gasteiger partial charge in [-0.15, -0.1) is 0 Å². The zero-order valence-electron chi connectivity index (χ0n) is 13.4. The number of carbonyl (C=O) groups excluding carboxylic acids is 1. The van der Waals surface area contributed by atoms with Crippen LogP contribution in [0.3, 0.4) is 0 Å². The lowest BCUT2D eigenvalue weighted by Crippen LogP contribution is -2.14. The Bertz CT molecular complexity index is 844. The predicted octanol–water partition coefficient (Wildman–Crippen LogP) is 3.14. The molecule has 0 bridgehead atoms. The molecular formula is C18H17N3O3. The topological polar surface area (TPSA) is 65.4 Å². The number of amides is 1. The van der Waals surface area contributed by atoms with E-state index in [0.29, 0.717) is 22.9 Å². The van der Waals surface area contributed by atoms with Gasteiger partial charge >= 0.3 is 0 Å². The van der Waals surface area contributed by atoms with Crippen LogP contribution in [0.15, 0.2) is 60.8 Å². The average molecular weight is 323 g/mol. The highest BCUT2D eigenvalue weighted by Crippen LogP contribution is 2.25. The van der Waals surface area contributed by atoms with Gasteiger partial charge in [-0.25, -0.2) is 4.68 Å². The minimum Gasteiger partial charge on any atom is -0.497 e. The summed E-state index contributed by atoms with van der Waals surface area (Å²) in [6.45, 7) is 0. The Balaban J connectivity index is 1.79. The van der Waals surface area contributed by atoms with Crippen LogP contribution in [-0.4, -0.2) is 29.9 Å². The second kappa shape index (κ2) is 6.87. The fraction of sp³-hybridized carbons (Fsp3) is 0.111. The molecule has 0 spiro atoms. The Morgan fingerprint density at radius 2 is 1.83 bits per heavy atom. The van der Waals surface area contributed by atoms with Gasteiger partial charge in [0.2, 0.25) is 0 Å². The van der Waals surface area contributed by atoms with E-state index in [-0.39, 0.29) is 5.91 Å². The van der Waals surface area contributed by atoms with Crippen LogP contribution in [0.2, 0.25) is 0 Å². The summed E-state index contributed by atoms with van der Waals surface area (Å²) >= 11 is 0. The molecule has 1 amide bonds. The number of aromatic nitrogens is 2. The van der Waals surface area contributed by atoms with Crippen molar-refractivity contribution in [2.24, 2.45) is 0 Å². The van der Waals surface area contributed by atoms with E-state index in [0.717, 1.165) is 5.69 Å². The molecule has 0 fully saturated rings. The molecule has 2 aromatic carbocycles. The Kier molecular flexibility index (Phi) is 4.47. The zero-order valence-corrected chi connectivity index (χ0v) is 13.4. The number of methoxy groups -OCH3 is 2. The van der Waals surface area contributed by atoms with Crippen LogP contribution in [0.4, 0.5) is 5.82 Å². The molecule has 0 aliphatic heterocycles. The Morgan fingerprint density at radius 1 is 1.04 bits per heavy atom. The molecular weight excluding hydrogens is 306 g/mol. The van der Waals surface area contributed by atoms with Gasteiger partial charge in [-0.2, -0.15) is 5.10 Å². The minimum absolute atomic E-state index is 0.298. The number of anilines is 1. The summed E-state index contributed by atoms with van der Waals surface area (Å²) in [5, 5.41) is 7.12. The number of nitrogens with one attached hydrogen (secondary N) is 1. The van der Waals surface area contributed by atoms with Crippen molar-refractivity contribution in [3.05, 3.63) is 66.4 Å². The molecule has 0 radical (unpaired) electrons. The SMILES string of the molecule is COc1ccc(C(=O)Nc2ccn(-c3ccccc3)n2)c(OC)c1. The molecule has 6 nitrogen and oxygen atoms in total. The Morgan fingerprint density at radius 3 is 2.54 bits per heavy atom. The third-order valence-corrected chi connectivity index (χ3v) is 3.50. The van der Waals surface area contributed by atoms with Crippen molar-refractivity contribution >= 4 is 11.7 Å². The van der Waals surface area contributed by atoms with Crippen LogP contribution in [0, 0.1) is 0 Å². The first-order valence-electron chi connectivity index (χ1n) is 7.36. The minimum atomic E-state index is -0.298. The lowest BCUT2D eigenvalue weighted by atomic mass is 10.1. The molecule has 0 saturated heterocycles. The van der Waals surface area contributed by atoms with Crippen molar-refractivity contribution in [1.29, 1.82) is 0 Å². The summed E-state index contributed by atoms with van der Waals surface area (Å²) < 4.78 is 12.1. The van der Waals surface area contributed by atoms with E-state index in [1.54, 1.807) is 42.3 Å². The molecule has 0 aliphatic carbocycles. The summed E-state index contributed by atoms with van der Waals surface area (Å²) in [7, 11) is 3.07. The van der Waals surface area contributed by atoms with E-state index in [4.69, 9.17) is 9.47 Å². The highest BCUT2D eigenvalue weighted by atomic mass is 16.5. The summed E-state index contributed by atoms with van der Waals surface area (Å²) in [4.78, 5) is 12.5. The molecule has 1 heterocycles. The molecule has 6 heteroatoms. The van der Waals surface area contributed by atoms with Gasteiger partial charge in [-0.1, -0.05) is 18.2 Å². The van der Waals surface area contributed by atoms with E-state index in [1.165, 1.54) is 7.11 Å². The molecule has 3 aromatic rings. The molecule has 3 rings (SSSR count). The first-order valence-corrected chi connectivity index (χ1v) is 7.36. The fourth-order valence-corrected chi connectivity index (χ4v) is 2.28. The van der Waals surface area contributed by atoms with Gasteiger partial charge in [-0.05, 0) is 24.3 Å². The highest BCUT2D eigenvalue weighted by molar-refractivity contribution is 6.05. The standard InChI is InChI=1S/C18H17N3O3/c1-23-14-8-9-15(16(12-14)24-2)18(22)19-17-10-11-21(20-17)13-6-4-3-5-7-13/h3-12H,1-2H3,(H,19,20,22). The quantitative estimate of drug-likeness (QED) is 0.783. The smallest absolute Gasteiger partial charge is 0.260 e. The van der Waals surface area contributed by atoms with Gasteiger partial charge in [0.25, 0.3) is 5.91 Å². The number of nitrogens with zero attached hydrogens (tertiary/aromatic N) is 2. The van der Waals surface area contributed by atoms with Crippen LogP contribution >= 0.6 is 0 Å². The molecule has 0 aliphatic rings. The first-order chi connectivity index (χ1) is 11.7. The Hall–Kier alpha value is -3.28. The molecule has 122 valence electrons. The van der Waals surface area contributed by atoms with Crippen molar-refractivity contribution in [2.75, 3.05) is 19.5 Å². The molecule has 1 aromatic heterocycles. The van der Waals surface area contributed by atoms with Crippen LogP contribution in [0.1, 0.15) is 10.4 Å². The first kappa shape index (κ1) is 15.6. The number of para-hydroxylation sites is 1. The van der Waals surface area contributed by atoms with E-state index in [1.807, 2.05) is 30.3 Å². The maximum atomic E-state index is 12.5. The molecule has 24 heavy (non-hydrogen) atoms. The van der Waals surface area contributed by atoms with Gasteiger partial charge in [-0.3, -0.25) is 4.79 Å². The lowest BCUT2D eigenvalue weighted by Gasteiger charge is -2.09. The van der Waals surface area contributed by atoms with E-state index in [2.05, 4.69) is 10.4 Å². The van der Waals surface area contributed by atoms with Gasteiger partial charge in [0.05, 0.1) is 25.5 Å². The van der Waals surface area contributed by atoms with Crippen molar-refractivity contribution in [3.8, 4) is 17.2 Å². The van der Waals surface area contributed by atoms with Crippen molar-refractivity contribution in [1.82, 2.24) is 9.78 Å².